The number of methoxy groups -OCH3 is 2. The van der Waals surface area contributed by atoms with Crippen molar-refractivity contribution in [3.8, 4) is 11.5 Å². The number of aromatic nitrogens is 2. The van der Waals surface area contributed by atoms with Gasteiger partial charge in [0.2, 0.25) is 15.2 Å². The van der Waals surface area contributed by atoms with Gasteiger partial charge in [0, 0.05) is 44.4 Å². The lowest BCUT2D eigenvalue weighted by Crippen LogP contribution is -2.23. The second-order valence-corrected chi connectivity index (χ2v) is 9.89. The van der Waals surface area contributed by atoms with Crippen LogP contribution in [0.2, 0.25) is 0 Å². The Morgan fingerprint density at radius 3 is 2.28 bits per heavy atom. The lowest BCUT2D eigenvalue weighted by molar-refractivity contribution is -0.384. The molecule has 11 nitrogen and oxygen atoms in total. The second kappa shape index (κ2) is 9.46. The van der Waals surface area contributed by atoms with Crippen LogP contribution in [0.15, 0.2) is 41.3 Å². The number of nitrogens with one attached hydrogen (secondary N) is 1. The Balaban J connectivity index is 1.90. The number of nitrogens with zero attached hydrogens (tertiary/aromatic N) is 4. The van der Waals surface area contributed by atoms with Crippen LogP contribution in [-0.2, 0) is 16.4 Å². The summed E-state index contributed by atoms with van der Waals surface area (Å²) in [6.07, 6.45) is 0.197. The summed E-state index contributed by atoms with van der Waals surface area (Å²) in [7, 11) is 2.05. The standard InChI is InChI=1S/C19H21N5O6S2/c1-23(2)32(27,28)17-11-16(30-4)15(29-3)9-12(17)10-18-21-22-19(31-18)20-13-5-7-14(8-6-13)24(25)26/h5-9,11H,10H2,1-4H3,(H,20,22). The summed E-state index contributed by atoms with van der Waals surface area (Å²) >= 11 is 1.24. The fourth-order valence-corrected chi connectivity index (χ4v) is 4.70. The molecule has 0 unspecified atom stereocenters. The second-order valence-electron chi connectivity index (χ2n) is 6.71. The van der Waals surface area contributed by atoms with Crippen molar-refractivity contribution in [2.45, 2.75) is 11.3 Å². The van der Waals surface area contributed by atoms with Crippen molar-refractivity contribution in [2.75, 3.05) is 33.6 Å². The first-order valence-corrected chi connectivity index (χ1v) is 11.4. The van der Waals surface area contributed by atoms with Crippen molar-refractivity contribution in [1.29, 1.82) is 0 Å². The quantitative estimate of drug-likeness (QED) is 0.362. The minimum atomic E-state index is -3.75. The van der Waals surface area contributed by atoms with E-state index in [1.165, 1.54) is 57.9 Å². The third-order valence-electron chi connectivity index (χ3n) is 4.46. The molecule has 170 valence electrons. The van der Waals surface area contributed by atoms with Crippen molar-refractivity contribution >= 4 is 37.9 Å². The summed E-state index contributed by atoms with van der Waals surface area (Å²) in [5.74, 6) is 0.698. The number of anilines is 2. The topological polar surface area (TPSA) is 137 Å². The van der Waals surface area contributed by atoms with Gasteiger partial charge in [-0.25, -0.2) is 12.7 Å². The van der Waals surface area contributed by atoms with Gasteiger partial charge in [-0.05, 0) is 23.8 Å². The van der Waals surface area contributed by atoms with E-state index in [1.54, 1.807) is 18.2 Å². The molecule has 3 aromatic rings. The zero-order chi connectivity index (χ0) is 23.5. The lowest BCUT2D eigenvalue weighted by atomic mass is 10.1. The zero-order valence-electron chi connectivity index (χ0n) is 17.7. The average Bonchev–Trinajstić information content (AvgIpc) is 3.20. The number of rotatable bonds is 9. The molecule has 13 heteroatoms. The Kier molecular flexibility index (Phi) is 6.91. The summed E-state index contributed by atoms with van der Waals surface area (Å²) in [6.45, 7) is 0. The fourth-order valence-electron chi connectivity index (χ4n) is 2.81. The minimum absolute atomic E-state index is 0.0170. The summed E-state index contributed by atoms with van der Waals surface area (Å²) < 4.78 is 37.5. The van der Waals surface area contributed by atoms with E-state index >= 15 is 0 Å². The van der Waals surface area contributed by atoms with E-state index in [1.807, 2.05) is 0 Å². The van der Waals surface area contributed by atoms with E-state index in [2.05, 4.69) is 15.5 Å². The number of sulfonamides is 1. The van der Waals surface area contributed by atoms with Crippen LogP contribution in [0, 0.1) is 10.1 Å². The van der Waals surface area contributed by atoms with E-state index < -0.39 is 14.9 Å². The molecule has 1 heterocycles. The van der Waals surface area contributed by atoms with Crippen molar-refractivity contribution in [2.24, 2.45) is 0 Å². The van der Waals surface area contributed by atoms with E-state index in [0.717, 1.165) is 4.31 Å². The van der Waals surface area contributed by atoms with Gasteiger partial charge in [0.05, 0.1) is 24.0 Å². The Hall–Kier alpha value is -3.29. The zero-order valence-corrected chi connectivity index (χ0v) is 19.4. The summed E-state index contributed by atoms with van der Waals surface area (Å²) in [4.78, 5) is 10.4. The summed E-state index contributed by atoms with van der Waals surface area (Å²) in [5, 5.41) is 23.1. The fraction of sp³-hybridized carbons (Fsp3) is 0.263. The van der Waals surface area contributed by atoms with E-state index in [0.29, 0.717) is 32.9 Å². The molecule has 0 bridgehead atoms. The highest BCUT2D eigenvalue weighted by Gasteiger charge is 2.25. The van der Waals surface area contributed by atoms with Gasteiger partial charge in [0.15, 0.2) is 11.5 Å². The van der Waals surface area contributed by atoms with Gasteiger partial charge >= 0.3 is 0 Å². The Bertz CT molecular complexity index is 1230. The van der Waals surface area contributed by atoms with E-state index in [4.69, 9.17) is 9.47 Å². The molecule has 0 saturated heterocycles. The molecule has 0 atom stereocenters. The number of nitro benzene ring substituents is 1. The van der Waals surface area contributed by atoms with Crippen LogP contribution in [0.25, 0.3) is 0 Å². The van der Waals surface area contributed by atoms with Crippen LogP contribution < -0.4 is 14.8 Å². The number of hydrogen-bond acceptors (Lipinski definition) is 10. The van der Waals surface area contributed by atoms with Gasteiger partial charge in [0.25, 0.3) is 5.69 Å². The highest BCUT2D eigenvalue weighted by atomic mass is 32.2. The number of ether oxygens (including phenoxy) is 2. The first kappa shape index (κ1) is 23.4. The van der Waals surface area contributed by atoms with Crippen molar-refractivity contribution in [3.05, 3.63) is 57.1 Å². The predicted molar refractivity (Wildman–Crippen MR) is 120 cm³/mol. The molecule has 0 saturated carbocycles. The van der Waals surface area contributed by atoms with Gasteiger partial charge in [-0.1, -0.05) is 11.3 Å². The van der Waals surface area contributed by atoms with Gasteiger partial charge in [-0.2, -0.15) is 0 Å². The van der Waals surface area contributed by atoms with Gasteiger partial charge in [-0.3, -0.25) is 10.1 Å². The summed E-state index contributed by atoms with van der Waals surface area (Å²) in [5.41, 5.74) is 1.08. The van der Waals surface area contributed by atoms with Crippen molar-refractivity contribution < 1.29 is 22.8 Å². The number of non-ortho nitro benzene ring substituents is 1. The Morgan fingerprint density at radius 1 is 1.09 bits per heavy atom. The van der Waals surface area contributed by atoms with Gasteiger partial charge < -0.3 is 14.8 Å². The molecule has 32 heavy (non-hydrogen) atoms. The molecular weight excluding hydrogens is 458 g/mol. The predicted octanol–water partition coefficient (Wildman–Crippen LogP) is 3.05. The number of benzene rings is 2. The largest absolute Gasteiger partial charge is 0.493 e. The lowest BCUT2D eigenvalue weighted by Gasteiger charge is -2.17. The van der Waals surface area contributed by atoms with Crippen LogP contribution in [0.1, 0.15) is 10.6 Å². The molecule has 0 radical (unpaired) electrons. The molecule has 1 N–H and O–H groups in total. The summed E-state index contributed by atoms with van der Waals surface area (Å²) in [6, 6.07) is 8.93. The third-order valence-corrected chi connectivity index (χ3v) is 7.20. The van der Waals surface area contributed by atoms with Crippen molar-refractivity contribution in [1.82, 2.24) is 14.5 Å². The molecule has 0 aliphatic heterocycles. The molecule has 2 aromatic carbocycles. The van der Waals surface area contributed by atoms with Crippen LogP contribution in [0.4, 0.5) is 16.5 Å². The maximum Gasteiger partial charge on any atom is 0.269 e. The molecule has 0 aliphatic rings. The molecule has 1 aromatic heterocycles. The normalized spacial score (nSPS) is 11.4. The van der Waals surface area contributed by atoms with Crippen LogP contribution in [0.5, 0.6) is 11.5 Å². The maximum atomic E-state index is 12.9. The van der Waals surface area contributed by atoms with Gasteiger partial charge in [-0.15, -0.1) is 10.2 Å². The highest BCUT2D eigenvalue weighted by Crippen LogP contribution is 2.35. The van der Waals surface area contributed by atoms with Crippen LogP contribution in [0.3, 0.4) is 0 Å². The number of hydrogen-bond donors (Lipinski definition) is 1. The monoisotopic (exact) mass is 479 g/mol. The smallest absolute Gasteiger partial charge is 0.269 e. The average molecular weight is 480 g/mol. The SMILES string of the molecule is COc1cc(Cc2nnc(Nc3ccc([N+](=O)[O-])cc3)s2)c(S(=O)(=O)N(C)C)cc1OC. The molecule has 0 amide bonds. The minimum Gasteiger partial charge on any atom is -0.493 e. The molecule has 3 rings (SSSR count). The number of nitro groups is 1. The highest BCUT2D eigenvalue weighted by molar-refractivity contribution is 7.89. The molecule has 0 aliphatic carbocycles. The van der Waals surface area contributed by atoms with E-state index in [-0.39, 0.29) is 17.0 Å². The van der Waals surface area contributed by atoms with Crippen molar-refractivity contribution in [3.63, 3.8) is 0 Å². The van der Waals surface area contributed by atoms with Crippen LogP contribution >= 0.6 is 11.3 Å². The first-order valence-electron chi connectivity index (χ1n) is 9.17. The van der Waals surface area contributed by atoms with Crippen LogP contribution in [-0.4, -0.2) is 56.2 Å². The third kappa shape index (κ3) is 4.95. The first-order chi connectivity index (χ1) is 15.1. The Morgan fingerprint density at radius 2 is 1.72 bits per heavy atom. The maximum absolute atomic E-state index is 12.9. The Labute approximate surface area is 188 Å². The molecule has 0 spiro atoms. The molecule has 0 fully saturated rings. The molecular formula is C19H21N5O6S2. The van der Waals surface area contributed by atoms with Gasteiger partial charge in [0.1, 0.15) is 5.01 Å². The van der Waals surface area contributed by atoms with E-state index in [9.17, 15) is 18.5 Å².